The summed E-state index contributed by atoms with van der Waals surface area (Å²) in [5.41, 5.74) is 2.83. The third-order valence-electron chi connectivity index (χ3n) is 2.67. The van der Waals surface area contributed by atoms with E-state index in [9.17, 15) is 4.79 Å². The number of aldehydes is 1. The molecule has 17 heavy (non-hydrogen) atoms. The van der Waals surface area contributed by atoms with Crippen LogP contribution >= 0.6 is 0 Å². The maximum atomic E-state index is 10.5. The van der Waals surface area contributed by atoms with Crippen LogP contribution in [-0.4, -0.2) is 21.3 Å². The Bertz CT molecular complexity index is 500. The quantitative estimate of drug-likeness (QED) is 0.755. The molecule has 2 rings (SSSR count). The summed E-state index contributed by atoms with van der Waals surface area (Å²) in [6.07, 6.45) is 2.34. The summed E-state index contributed by atoms with van der Waals surface area (Å²) in [6, 6.07) is 8.41. The van der Waals surface area contributed by atoms with Crippen molar-refractivity contribution < 1.29 is 4.79 Å². The monoisotopic (exact) mass is 229 g/mol. The molecule has 4 nitrogen and oxygen atoms in total. The number of nitrogens with zero attached hydrogens (tertiary/aromatic N) is 3. The summed E-state index contributed by atoms with van der Waals surface area (Å²) in [6.45, 7) is 4.98. The zero-order valence-electron chi connectivity index (χ0n) is 10.00. The highest BCUT2D eigenvalue weighted by molar-refractivity contribution is 5.70. The number of carbonyl (C=O) groups excluding carboxylic acids is 1. The molecule has 1 aromatic heterocycles. The summed E-state index contributed by atoms with van der Waals surface area (Å²) in [5.74, 6) is 0.539. The fourth-order valence-electron chi connectivity index (χ4n) is 1.64. The van der Waals surface area contributed by atoms with Crippen molar-refractivity contribution in [2.45, 2.75) is 26.3 Å². The van der Waals surface area contributed by atoms with Crippen molar-refractivity contribution in [3.05, 3.63) is 47.3 Å². The molecule has 0 atom stereocenters. The molecule has 1 aromatic carbocycles. The van der Waals surface area contributed by atoms with Gasteiger partial charge in [0.25, 0.3) is 0 Å². The number of hydrogen-bond acceptors (Lipinski definition) is 3. The van der Waals surface area contributed by atoms with Gasteiger partial charge in [-0.05, 0) is 17.0 Å². The maximum absolute atomic E-state index is 10.5. The molecule has 4 heteroatoms. The molecular weight excluding hydrogens is 214 g/mol. The Morgan fingerprint density at radius 1 is 1.29 bits per heavy atom. The van der Waals surface area contributed by atoms with Crippen molar-refractivity contribution >= 4 is 6.29 Å². The second kappa shape index (κ2) is 4.91. The molecule has 1 heterocycles. The largest absolute Gasteiger partial charge is 0.296 e. The van der Waals surface area contributed by atoms with Gasteiger partial charge in [0, 0.05) is 0 Å². The van der Waals surface area contributed by atoms with Crippen LogP contribution in [-0.2, 0) is 6.54 Å². The van der Waals surface area contributed by atoms with Crippen molar-refractivity contribution in [1.82, 2.24) is 15.0 Å². The van der Waals surface area contributed by atoms with E-state index >= 15 is 0 Å². The fourth-order valence-corrected chi connectivity index (χ4v) is 1.64. The first-order chi connectivity index (χ1) is 8.19. The number of aromatic nitrogens is 3. The van der Waals surface area contributed by atoms with E-state index in [4.69, 9.17) is 0 Å². The minimum atomic E-state index is 0.365. The van der Waals surface area contributed by atoms with Crippen molar-refractivity contribution in [1.29, 1.82) is 0 Å². The van der Waals surface area contributed by atoms with Gasteiger partial charge in [0.05, 0.1) is 12.7 Å². The lowest BCUT2D eigenvalue weighted by molar-refractivity contribution is 0.111. The van der Waals surface area contributed by atoms with Gasteiger partial charge < -0.3 is 0 Å². The van der Waals surface area contributed by atoms with Gasteiger partial charge in [-0.3, -0.25) is 4.79 Å². The SMILES string of the molecule is CC(C)c1ccc(Cn2cc(C=O)nn2)cc1. The Kier molecular flexibility index (Phi) is 3.32. The van der Waals surface area contributed by atoms with E-state index in [2.05, 4.69) is 48.4 Å². The van der Waals surface area contributed by atoms with Gasteiger partial charge in [-0.15, -0.1) is 5.10 Å². The van der Waals surface area contributed by atoms with Crippen molar-refractivity contribution in [3.8, 4) is 0 Å². The minimum Gasteiger partial charge on any atom is -0.296 e. The highest BCUT2D eigenvalue weighted by Gasteiger charge is 2.02. The topological polar surface area (TPSA) is 47.8 Å². The second-order valence-electron chi connectivity index (χ2n) is 4.36. The van der Waals surface area contributed by atoms with Crippen LogP contribution in [0.5, 0.6) is 0 Å². The van der Waals surface area contributed by atoms with Gasteiger partial charge in [-0.2, -0.15) is 0 Å². The van der Waals surface area contributed by atoms with Crippen molar-refractivity contribution in [2.75, 3.05) is 0 Å². The fraction of sp³-hybridized carbons (Fsp3) is 0.308. The van der Waals surface area contributed by atoms with Crippen LogP contribution in [0, 0.1) is 0 Å². The van der Waals surface area contributed by atoms with E-state index in [-0.39, 0.29) is 0 Å². The molecule has 0 saturated heterocycles. The Labute approximate surface area is 100 Å². The average molecular weight is 229 g/mol. The molecule has 0 saturated carbocycles. The highest BCUT2D eigenvalue weighted by atomic mass is 16.1. The predicted molar refractivity (Wildman–Crippen MR) is 65.0 cm³/mol. The molecule has 0 aliphatic heterocycles. The van der Waals surface area contributed by atoms with Crippen LogP contribution in [0.2, 0.25) is 0 Å². The molecular formula is C13H15N3O. The van der Waals surface area contributed by atoms with Crippen LogP contribution in [0.25, 0.3) is 0 Å². The predicted octanol–water partition coefficient (Wildman–Crippen LogP) is 2.26. The Balaban J connectivity index is 2.10. The molecule has 0 aliphatic carbocycles. The third kappa shape index (κ3) is 2.78. The van der Waals surface area contributed by atoms with E-state index in [1.165, 1.54) is 5.56 Å². The zero-order valence-corrected chi connectivity index (χ0v) is 10.00. The zero-order chi connectivity index (χ0) is 12.3. The third-order valence-corrected chi connectivity index (χ3v) is 2.67. The lowest BCUT2D eigenvalue weighted by atomic mass is 10.0. The van der Waals surface area contributed by atoms with Gasteiger partial charge in [-0.1, -0.05) is 43.3 Å². The van der Waals surface area contributed by atoms with Crippen LogP contribution in [0.15, 0.2) is 30.5 Å². The van der Waals surface area contributed by atoms with Gasteiger partial charge >= 0.3 is 0 Å². The normalized spacial score (nSPS) is 10.8. The molecule has 0 aliphatic rings. The van der Waals surface area contributed by atoms with Gasteiger partial charge in [0.15, 0.2) is 6.29 Å². The average Bonchev–Trinajstić information content (AvgIpc) is 2.77. The first kappa shape index (κ1) is 11.5. The summed E-state index contributed by atoms with van der Waals surface area (Å²) in [4.78, 5) is 10.5. The lowest BCUT2D eigenvalue weighted by Gasteiger charge is -2.06. The van der Waals surface area contributed by atoms with Gasteiger partial charge in [0.1, 0.15) is 5.69 Å². The van der Waals surface area contributed by atoms with Crippen LogP contribution in [0.3, 0.4) is 0 Å². The highest BCUT2D eigenvalue weighted by Crippen LogP contribution is 2.15. The molecule has 0 bridgehead atoms. The first-order valence-corrected chi connectivity index (χ1v) is 5.63. The second-order valence-corrected chi connectivity index (χ2v) is 4.36. The molecule has 0 fully saturated rings. The molecule has 88 valence electrons. The van der Waals surface area contributed by atoms with Crippen molar-refractivity contribution in [3.63, 3.8) is 0 Å². The van der Waals surface area contributed by atoms with Crippen LogP contribution in [0.4, 0.5) is 0 Å². The minimum absolute atomic E-state index is 0.365. The number of benzene rings is 1. The Morgan fingerprint density at radius 2 is 2.00 bits per heavy atom. The van der Waals surface area contributed by atoms with Gasteiger partial charge in [-0.25, -0.2) is 4.68 Å². The number of carbonyl (C=O) groups is 1. The molecule has 0 unspecified atom stereocenters. The molecule has 0 spiro atoms. The standard InChI is InChI=1S/C13H15N3O/c1-10(2)12-5-3-11(4-6-12)7-16-8-13(9-17)14-15-16/h3-6,8-10H,7H2,1-2H3. The summed E-state index contributed by atoms with van der Waals surface area (Å²) in [5, 5.41) is 7.60. The first-order valence-electron chi connectivity index (χ1n) is 5.63. The van der Waals surface area contributed by atoms with Crippen molar-refractivity contribution in [2.24, 2.45) is 0 Å². The Hall–Kier alpha value is -1.97. The van der Waals surface area contributed by atoms with E-state index < -0.39 is 0 Å². The number of rotatable bonds is 4. The maximum Gasteiger partial charge on any atom is 0.171 e. The van der Waals surface area contributed by atoms with Crippen LogP contribution in [0.1, 0.15) is 41.4 Å². The van der Waals surface area contributed by atoms with E-state index in [0.29, 0.717) is 24.4 Å². The molecule has 0 N–H and O–H groups in total. The van der Waals surface area contributed by atoms with Gasteiger partial charge in [0.2, 0.25) is 0 Å². The van der Waals surface area contributed by atoms with E-state index in [1.54, 1.807) is 10.9 Å². The molecule has 0 amide bonds. The van der Waals surface area contributed by atoms with Crippen LogP contribution < -0.4 is 0 Å². The summed E-state index contributed by atoms with van der Waals surface area (Å²) in [7, 11) is 0. The number of hydrogen-bond donors (Lipinski definition) is 0. The summed E-state index contributed by atoms with van der Waals surface area (Å²) < 4.78 is 1.66. The Morgan fingerprint density at radius 3 is 2.53 bits per heavy atom. The summed E-state index contributed by atoms with van der Waals surface area (Å²) >= 11 is 0. The van der Waals surface area contributed by atoms with E-state index in [0.717, 1.165) is 5.56 Å². The lowest BCUT2D eigenvalue weighted by Crippen LogP contribution is -2.00. The molecule has 0 radical (unpaired) electrons. The van der Waals surface area contributed by atoms with E-state index in [1.807, 2.05) is 0 Å². The molecule has 2 aromatic rings. The smallest absolute Gasteiger partial charge is 0.171 e.